The Morgan fingerprint density at radius 1 is 1.23 bits per heavy atom. The first-order valence-electron chi connectivity index (χ1n) is 14.4. The molecule has 0 bridgehead atoms. The summed E-state index contributed by atoms with van der Waals surface area (Å²) in [5.41, 5.74) is 0.809. The maximum absolute atomic E-state index is 13.4. The average Bonchev–Trinajstić information content (AvgIpc) is 3.66. The van der Waals surface area contributed by atoms with E-state index in [1.54, 1.807) is 12.5 Å². The normalized spacial score (nSPS) is 38.7. The fourth-order valence-corrected chi connectivity index (χ4v) is 8.30. The minimum absolute atomic E-state index is 0.000993. The Bertz CT molecular complexity index is 1230. The Kier molecular flexibility index (Phi) is 7.09. The van der Waals surface area contributed by atoms with Gasteiger partial charge in [-0.15, -0.1) is 0 Å². The van der Waals surface area contributed by atoms with Crippen LogP contribution in [0.3, 0.4) is 0 Å². The maximum Gasteiger partial charge on any atom is 0.309 e. The third-order valence-electron chi connectivity index (χ3n) is 10.6. The van der Waals surface area contributed by atoms with Crippen LogP contribution in [0.2, 0.25) is 0 Å². The van der Waals surface area contributed by atoms with E-state index in [9.17, 15) is 14.4 Å². The summed E-state index contributed by atoms with van der Waals surface area (Å²) in [6, 6.07) is 1.96. The molecular weight excluding hydrogens is 512 g/mol. The molecule has 8 nitrogen and oxygen atoms in total. The minimum Gasteiger partial charge on any atom is -0.472 e. The molecule has 3 fully saturated rings. The number of fused-ring (bicyclic) bond motifs is 2. The summed E-state index contributed by atoms with van der Waals surface area (Å²) in [4.78, 5) is 38.8. The van der Waals surface area contributed by atoms with Crippen LogP contribution < -0.4 is 0 Å². The van der Waals surface area contributed by atoms with E-state index < -0.39 is 40.7 Å². The molecule has 1 saturated carbocycles. The van der Waals surface area contributed by atoms with E-state index in [-0.39, 0.29) is 48.5 Å². The Balaban J connectivity index is 1.67. The number of carbonyl (C=O) groups is 3. The number of furan rings is 1. The van der Waals surface area contributed by atoms with Crippen LogP contribution in [-0.2, 0) is 33.3 Å². The third-order valence-corrected chi connectivity index (χ3v) is 10.6. The Morgan fingerprint density at radius 3 is 2.52 bits per heavy atom. The van der Waals surface area contributed by atoms with Crippen molar-refractivity contribution < 1.29 is 37.7 Å². The van der Waals surface area contributed by atoms with Crippen molar-refractivity contribution in [2.75, 3.05) is 7.11 Å². The smallest absolute Gasteiger partial charge is 0.309 e. The molecule has 0 aromatic carbocycles. The Hall–Kier alpha value is -2.87. The van der Waals surface area contributed by atoms with Gasteiger partial charge in [0.2, 0.25) is 0 Å². The molecule has 9 unspecified atom stereocenters. The number of esters is 3. The molecular formula is C32H42O8. The van der Waals surface area contributed by atoms with E-state index in [4.69, 9.17) is 23.4 Å². The molecule has 8 heteroatoms. The van der Waals surface area contributed by atoms with Crippen molar-refractivity contribution in [3.63, 3.8) is 0 Å². The van der Waals surface area contributed by atoms with E-state index in [1.807, 2.05) is 33.8 Å². The second-order valence-corrected chi connectivity index (χ2v) is 13.0. The highest BCUT2D eigenvalue weighted by Crippen LogP contribution is 2.68. The van der Waals surface area contributed by atoms with Gasteiger partial charge < -0.3 is 23.4 Å². The van der Waals surface area contributed by atoms with Gasteiger partial charge in [0, 0.05) is 28.6 Å². The highest BCUT2D eigenvalue weighted by molar-refractivity contribution is 5.74. The molecule has 0 N–H and O–H groups in total. The van der Waals surface area contributed by atoms with Crippen molar-refractivity contribution in [3.05, 3.63) is 48.0 Å². The number of hydrogen-bond acceptors (Lipinski definition) is 8. The van der Waals surface area contributed by atoms with Crippen LogP contribution in [0.25, 0.3) is 0 Å². The third kappa shape index (κ3) is 4.08. The molecule has 1 aromatic rings. The number of carbonyl (C=O) groups excluding carboxylic acids is 3. The zero-order valence-electron chi connectivity index (χ0n) is 24.7. The monoisotopic (exact) mass is 554 g/mol. The van der Waals surface area contributed by atoms with Crippen molar-refractivity contribution in [1.29, 1.82) is 0 Å². The average molecular weight is 555 g/mol. The van der Waals surface area contributed by atoms with Crippen LogP contribution in [0, 0.1) is 28.6 Å². The molecule has 0 amide bonds. The molecule has 4 aliphatic rings. The fraction of sp³-hybridized carbons (Fsp3) is 0.656. The van der Waals surface area contributed by atoms with Gasteiger partial charge in [-0.25, -0.2) is 0 Å². The molecule has 0 radical (unpaired) electrons. The number of methoxy groups -OCH3 is 1. The summed E-state index contributed by atoms with van der Waals surface area (Å²) in [7, 11) is 1.36. The van der Waals surface area contributed by atoms with Gasteiger partial charge in [0.05, 0.1) is 44.5 Å². The molecule has 3 heterocycles. The number of hydrogen-bond donors (Lipinski definition) is 0. The van der Waals surface area contributed by atoms with Crippen LogP contribution in [0.1, 0.15) is 78.7 Å². The van der Waals surface area contributed by atoms with Crippen LogP contribution >= 0.6 is 0 Å². The maximum atomic E-state index is 13.4. The predicted molar refractivity (Wildman–Crippen MR) is 146 cm³/mol. The predicted octanol–water partition coefficient (Wildman–Crippen LogP) is 5.52. The summed E-state index contributed by atoms with van der Waals surface area (Å²) in [5, 5.41) is 0. The second-order valence-electron chi connectivity index (χ2n) is 13.0. The first-order chi connectivity index (χ1) is 18.8. The summed E-state index contributed by atoms with van der Waals surface area (Å²) in [6.07, 6.45) is 5.36. The van der Waals surface area contributed by atoms with Crippen molar-refractivity contribution in [1.82, 2.24) is 0 Å². The first-order valence-corrected chi connectivity index (χ1v) is 14.4. The van der Waals surface area contributed by atoms with Gasteiger partial charge in [-0.05, 0) is 49.5 Å². The van der Waals surface area contributed by atoms with Crippen molar-refractivity contribution in [2.45, 2.75) is 97.1 Å². The lowest BCUT2D eigenvalue weighted by molar-refractivity contribution is -0.177. The summed E-state index contributed by atoms with van der Waals surface area (Å²) in [6.45, 7) is 16.5. The number of allylic oxidation sites excluding steroid dienone is 1. The van der Waals surface area contributed by atoms with Crippen molar-refractivity contribution in [3.8, 4) is 0 Å². The van der Waals surface area contributed by atoms with Gasteiger partial charge >= 0.3 is 17.9 Å². The summed E-state index contributed by atoms with van der Waals surface area (Å²) >= 11 is 0. The first kappa shape index (κ1) is 28.7. The molecule has 2 aliphatic carbocycles. The molecule has 9 atom stereocenters. The second kappa shape index (κ2) is 9.89. The molecule has 2 saturated heterocycles. The quantitative estimate of drug-likeness (QED) is 0.321. The summed E-state index contributed by atoms with van der Waals surface area (Å²) < 4.78 is 29.7. The van der Waals surface area contributed by atoms with Gasteiger partial charge in [-0.1, -0.05) is 40.3 Å². The summed E-state index contributed by atoms with van der Waals surface area (Å²) in [5.74, 6) is -1.85. The lowest BCUT2D eigenvalue weighted by atomic mass is 9.51. The van der Waals surface area contributed by atoms with Gasteiger partial charge in [-0.2, -0.15) is 0 Å². The van der Waals surface area contributed by atoms with Crippen LogP contribution in [0.4, 0.5) is 0 Å². The minimum atomic E-state index is -0.786. The van der Waals surface area contributed by atoms with Gasteiger partial charge in [0.15, 0.2) is 0 Å². The molecule has 0 spiro atoms. The van der Waals surface area contributed by atoms with Crippen LogP contribution in [0.15, 0.2) is 46.8 Å². The van der Waals surface area contributed by atoms with E-state index >= 15 is 0 Å². The van der Waals surface area contributed by atoms with Crippen LogP contribution in [-0.4, -0.2) is 48.9 Å². The zero-order chi connectivity index (χ0) is 29.2. The Morgan fingerprint density at radius 2 is 1.95 bits per heavy atom. The van der Waals surface area contributed by atoms with Gasteiger partial charge in [0.25, 0.3) is 0 Å². The number of rotatable bonds is 7. The van der Waals surface area contributed by atoms with Crippen LogP contribution in [0.5, 0.6) is 0 Å². The lowest BCUT2D eigenvalue weighted by Gasteiger charge is -2.53. The fourth-order valence-electron chi connectivity index (χ4n) is 8.30. The molecule has 40 heavy (non-hydrogen) atoms. The molecule has 218 valence electrons. The standard InChI is InChI=1S/C32H42O8/c1-9-17(2)29(35)39-28-27-26(18(3)20-10-11-21(31(20,28)6)19-12-13-37-16-19)32(7,23(38-27)15-24(33)36-8)22-14-25(34)40-30(22,4)5/h10,12-13,16-17,21-23,26-28H,3,9,11,14-15H2,1-2,4-8H3. The SMILES string of the molecule is C=C1C2=CCC(c3ccoc3)C2(C)C(OC(=O)C(C)CC)C2OC(CC(=O)OC)C(C)(C3CC(=O)OC3(C)C)C12. The van der Waals surface area contributed by atoms with Crippen molar-refractivity contribution >= 4 is 17.9 Å². The van der Waals surface area contributed by atoms with Gasteiger partial charge in [-0.3, -0.25) is 14.4 Å². The number of cyclic esters (lactones) is 1. The van der Waals surface area contributed by atoms with E-state index in [2.05, 4.69) is 26.5 Å². The molecule has 1 aromatic heterocycles. The number of ether oxygens (including phenoxy) is 4. The van der Waals surface area contributed by atoms with E-state index in [1.165, 1.54) is 7.11 Å². The highest BCUT2D eigenvalue weighted by Gasteiger charge is 2.71. The molecule has 2 aliphatic heterocycles. The Labute approximate surface area is 236 Å². The largest absolute Gasteiger partial charge is 0.472 e. The van der Waals surface area contributed by atoms with Gasteiger partial charge in [0.1, 0.15) is 17.8 Å². The lowest BCUT2D eigenvalue weighted by Crippen LogP contribution is -2.57. The van der Waals surface area contributed by atoms with E-state index in [0.29, 0.717) is 6.42 Å². The van der Waals surface area contributed by atoms with E-state index in [0.717, 1.165) is 23.1 Å². The van der Waals surface area contributed by atoms with Crippen molar-refractivity contribution in [2.24, 2.45) is 28.6 Å². The topological polar surface area (TPSA) is 101 Å². The molecule has 5 rings (SSSR count). The zero-order valence-corrected chi connectivity index (χ0v) is 24.7. The highest BCUT2D eigenvalue weighted by atomic mass is 16.6.